The van der Waals surface area contributed by atoms with Crippen LogP contribution in [0.1, 0.15) is 11.1 Å². The van der Waals surface area contributed by atoms with Gasteiger partial charge in [0.15, 0.2) is 5.75 Å². The molecular weight excluding hydrogens is 316 g/mol. The van der Waals surface area contributed by atoms with Crippen molar-refractivity contribution in [2.24, 2.45) is 0 Å². The van der Waals surface area contributed by atoms with Crippen molar-refractivity contribution in [1.82, 2.24) is 0 Å². The predicted molar refractivity (Wildman–Crippen MR) is 88.7 cm³/mol. The minimum Gasteiger partial charge on any atom is -0.506 e. The Hall–Kier alpha value is -2.84. The summed E-state index contributed by atoms with van der Waals surface area (Å²) in [6.07, 6.45) is 0. The lowest BCUT2D eigenvalue weighted by molar-refractivity contribution is -0.385. The number of phenolic OH excluding ortho intramolecular Hbond substituents is 2. The number of ether oxygens (including phenoxy) is 2. The highest BCUT2D eigenvalue weighted by atomic mass is 16.6. The smallest absolute Gasteiger partial charge is 0.311 e. The summed E-state index contributed by atoms with van der Waals surface area (Å²) < 4.78 is 9.68. The Labute approximate surface area is 139 Å². The van der Waals surface area contributed by atoms with E-state index in [-0.39, 0.29) is 17.2 Å². The van der Waals surface area contributed by atoms with Gasteiger partial charge in [-0.15, -0.1) is 0 Å². The molecule has 2 aromatic rings. The molecule has 2 aromatic carbocycles. The van der Waals surface area contributed by atoms with Gasteiger partial charge in [0.05, 0.1) is 23.8 Å². The van der Waals surface area contributed by atoms with Gasteiger partial charge in [-0.2, -0.15) is 0 Å². The molecule has 0 aliphatic carbocycles. The molecule has 8 nitrogen and oxygen atoms in total. The van der Waals surface area contributed by atoms with E-state index < -0.39 is 4.92 Å². The molecule has 0 unspecified atom stereocenters. The fourth-order valence-corrected chi connectivity index (χ4v) is 1.83. The van der Waals surface area contributed by atoms with Gasteiger partial charge in [-0.1, -0.05) is 12.1 Å². The van der Waals surface area contributed by atoms with E-state index >= 15 is 0 Å². The van der Waals surface area contributed by atoms with Crippen LogP contribution in [0.2, 0.25) is 0 Å². The maximum Gasteiger partial charge on any atom is 0.311 e. The van der Waals surface area contributed by atoms with Crippen molar-refractivity contribution < 1.29 is 24.6 Å². The minimum absolute atomic E-state index is 0.116. The zero-order valence-corrected chi connectivity index (χ0v) is 13.4. The van der Waals surface area contributed by atoms with Gasteiger partial charge < -0.3 is 25.4 Å². The second kappa shape index (κ2) is 9.33. The van der Waals surface area contributed by atoms with Crippen molar-refractivity contribution >= 4 is 11.4 Å². The Kier molecular flexibility index (Phi) is 7.47. The van der Waals surface area contributed by atoms with Crippen LogP contribution in [0.4, 0.5) is 11.4 Å². The number of nitrogens with two attached hydrogens (primary N) is 1. The highest BCUT2D eigenvalue weighted by molar-refractivity contribution is 5.53. The third-order valence-electron chi connectivity index (χ3n) is 2.95. The molecule has 130 valence electrons. The summed E-state index contributed by atoms with van der Waals surface area (Å²) in [4.78, 5) is 9.75. The van der Waals surface area contributed by atoms with Crippen molar-refractivity contribution in [2.45, 2.75) is 13.2 Å². The van der Waals surface area contributed by atoms with E-state index in [1.54, 1.807) is 31.4 Å². The fourth-order valence-electron chi connectivity index (χ4n) is 1.83. The zero-order valence-electron chi connectivity index (χ0n) is 13.4. The fraction of sp³-hybridized carbons (Fsp3) is 0.250. The molecule has 0 aliphatic heterocycles. The van der Waals surface area contributed by atoms with Crippen LogP contribution >= 0.6 is 0 Å². The molecular formula is C16H20N2O6. The van der Waals surface area contributed by atoms with Gasteiger partial charge in [0.1, 0.15) is 5.75 Å². The van der Waals surface area contributed by atoms with Crippen LogP contribution in [0.5, 0.6) is 11.5 Å². The monoisotopic (exact) mass is 336 g/mol. The molecule has 8 heteroatoms. The third kappa shape index (κ3) is 5.75. The van der Waals surface area contributed by atoms with E-state index in [1.165, 1.54) is 19.2 Å². The first kappa shape index (κ1) is 19.2. The van der Waals surface area contributed by atoms with Crippen molar-refractivity contribution in [3.05, 3.63) is 57.6 Å². The van der Waals surface area contributed by atoms with E-state index in [9.17, 15) is 10.1 Å². The zero-order chi connectivity index (χ0) is 18.1. The normalized spacial score (nSPS) is 9.92. The lowest BCUT2D eigenvalue weighted by Gasteiger charge is -2.01. The van der Waals surface area contributed by atoms with Crippen LogP contribution in [-0.2, 0) is 22.7 Å². The van der Waals surface area contributed by atoms with Gasteiger partial charge in [-0.05, 0) is 29.3 Å². The molecule has 4 N–H and O–H groups in total. The second-order valence-corrected chi connectivity index (χ2v) is 4.84. The molecule has 0 aromatic heterocycles. The van der Waals surface area contributed by atoms with Crippen molar-refractivity contribution in [1.29, 1.82) is 0 Å². The number of nitro benzene ring substituents is 1. The number of nitrogen functional groups attached to an aromatic ring is 1. The van der Waals surface area contributed by atoms with Crippen LogP contribution in [0, 0.1) is 10.1 Å². The SMILES string of the molecule is COCc1ccc(O)c(N)c1.COCc1ccc(O)c([N+](=O)[O-])c1. The summed E-state index contributed by atoms with van der Waals surface area (Å²) in [5.74, 6) is -0.213. The summed E-state index contributed by atoms with van der Waals surface area (Å²) in [7, 11) is 3.11. The van der Waals surface area contributed by atoms with Gasteiger partial charge in [0, 0.05) is 20.3 Å². The van der Waals surface area contributed by atoms with E-state index in [4.69, 9.17) is 25.4 Å². The Bertz CT molecular complexity index is 690. The van der Waals surface area contributed by atoms with Crippen LogP contribution in [0.3, 0.4) is 0 Å². The van der Waals surface area contributed by atoms with Gasteiger partial charge in [-0.3, -0.25) is 10.1 Å². The van der Waals surface area contributed by atoms with E-state index in [0.717, 1.165) is 5.56 Å². The number of nitro groups is 1. The average Bonchev–Trinajstić information content (AvgIpc) is 2.54. The van der Waals surface area contributed by atoms with E-state index in [0.29, 0.717) is 24.5 Å². The largest absolute Gasteiger partial charge is 0.506 e. The lowest BCUT2D eigenvalue weighted by Crippen LogP contribution is -1.92. The van der Waals surface area contributed by atoms with Crippen LogP contribution in [0.15, 0.2) is 36.4 Å². The number of methoxy groups -OCH3 is 2. The van der Waals surface area contributed by atoms with Crippen molar-refractivity contribution in [2.75, 3.05) is 20.0 Å². The highest BCUT2D eigenvalue weighted by Crippen LogP contribution is 2.26. The quantitative estimate of drug-likeness (QED) is 0.331. The molecule has 0 aliphatic rings. The second-order valence-electron chi connectivity index (χ2n) is 4.84. The molecule has 2 rings (SSSR count). The molecule has 0 heterocycles. The highest BCUT2D eigenvalue weighted by Gasteiger charge is 2.12. The number of hydrogen-bond acceptors (Lipinski definition) is 7. The van der Waals surface area contributed by atoms with Gasteiger partial charge in [0.25, 0.3) is 0 Å². The third-order valence-corrected chi connectivity index (χ3v) is 2.95. The molecule has 0 spiro atoms. The first-order valence-electron chi connectivity index (χ1n) is 6.90. The minimum atomic E-state index is -0.630. The number of aromatic hydroxyl groups is 2. The van der Waals surface area contributed by atoms with Gasteiger partial charge in [-0.25, -0.2) is 0 Å². The molecule has 0 bridgehead atoms. The number of rotatable bonds is 5. The van der Waals surface area contributed by atoms with Gasteiger partial charge in [0.2, 0.25) is 0 Å². The van der Waals surface area contributed by atoms with E-state index in [1.807, 2.05) is 0 Å². The topological polar surface area (TPSA) is 128 Å². The number of phenols is 2. The Morgan fingerprint density at radius 3 is 1.96 bits per heavy atom. The molecule has 0 fully saturated rings. The standard InChI is InChI=1S/C8H9NO4.C8H11NO2/c1-13-5-6-2-3-8(10)7(4-6)9(11)12;1-11-5-6-2-3-8(10)7(9)4-6/h2-4,10H,5H2,1H3;2-4,10H,5,9H2,1H3. The number of anilines is 1. The first-order chi connectivity index (χ1) is 11.4. The maximum atomic E-state index is 10.4. The Morgan fingerprint density at radius 2 is 1.50 bits per heavy atom. The maximum absolute atomic E-state index is 10.4. The lowest BCUT2D eigenvalue weighted by atomic mass is 10.2. The molecule has 0 amide bonds. The summed E-state index contributed by atoms with van der Waals surface area (Å²) in [5.41, 5.74) is 7.16. The van der Waals surface area contributed by atoms with Gasteiger partial charge >= 0.3 is 5.69 Å². The Morgan fingerprint density at radius 1 is 1.00 bits per heavy atom. The molecule has 0 saturated heterocycles. The molecule has 0 saturated carbocycles. The first-order valence-corrected chi connectivity index (χ1v) is 6.90. The summed E-state index contributed by atoms with van der Waals surface area (Å²) in [5, 5.41) is 28.5. The van der Waals surface area contributed by atoms with Crippen molar-refractivity contribution in [3.8, 4) is 11.5 Å². The molecule has 24 heavy (non-hydrogen) atoms. The number of benzene rings is 2. The van der Waals surface area contributed by atoms with Crippen LogP contribution in [-0.4, -0.2) is 29.4 Å². The summed E-state index contributed by atoms with van der Waals surface area (Å²) in [6.45, 7) is 0.811. The average molecular weight is 336 g/mol. The van der Waals surface area contributed by atoms with Crippen LogP contribution < -0.4 is 5.73 Å². The van der Waals surface area contributed by atoms with E-state index in [2.05, 4.69) is 0 Å². The van der Waals surface area contributed by atoms with Crippen molar-refractivity contribution in [3.63, 3.8) is 0 Å². The Balaban J connectivity index is 0.000000243. The van der Waals surface area contributed by atoms with Crippen LogP contribution in [0.25, 0.3) is 0 Å². The molecule has 0 radical (unpaired) electrons. The predicted octanol–water partition coefficient (Wildman–Crippen LogP) is 2.57. The number of nitrogens with zero attached hydrogens (tertiary/aromatic N) is 1. The molecule has 0 atom stereocenters. The summed E-state index contributed by atoms with van der Waals surface area (Å²) >= 11 is 0. The number of hydrogen-bond donors (Lipinski definition) is 3. The summed E-state index contributed by atoms with van der Waals surface area (Å²) in [6, 6.07) is 9.18.